The highest BCUT2D eigenvalue weighted by molar-refractivity contribution is 7.15. The number of hydrogen-bond acceptors (Lipinski definition) is 7. The van der Waals surface area contributed by atoms with Crippen molar-refractivity contribution in [2.24, 2.45) is 0 Å². The van der Waals surface area contributed by atoms with Gasteiger partial charge in [0.25, 0.3) is 5.91 Å². The first kappa shape index (κ1) is 15.8. The van der Waals surface area contributed by atoms with Crippen LogP contribution in [0.15, 0.2) is 12.4 Å². The maximum atomic E-state index is 12.3. The van der Waals surface area contributed by atoms with Crippen molar-refractivity contribution in [2.45, 2.75) is 39.0 Å². The Balaban J connectivity index is 1.65. The van der Waals surface area contributed by atoms with Crippen LogP contribution in [0.25, 0.3) is 0 Å². The van der Waals surface area contributed by atoms with Crippen LogP contribution in [0.4, 0.5) is 10.9 Å². The summed E-state index contributed by atoms with van der Waals surface area (Å²) in [5.41, 5.74) is 0.354. The van der Waals surface area contributed by atoms with Gasteiger partial charge in [-0.1, -0.05) is 24.7 Å². The molecular weight excluding hydrogens is 312 g/mol. The fraction of sp³-hybridized carbons (Fsp3) is 0.533. The molecule has 1 fully saturated rings. The predicted octanol–water partition coefficient (Wildman–Crippen LogP) is 2.52. The van der Waals surface area contributed by atoms with Gasteiger partial charge in [0.1, 0.15) is 22.8 Å². The topological polar surface area (TPSA) is 83.9 Å². The van der Waals surface area contributed by atoms with Crippen LogP contribution < -0.4 is 10.2 Å². The summed E-state index contributed by atoms with van der Waals surface area (Å²) < 4.78 is 0. The molecule has 0 radical (unpaired) electrons. The second kappa shape index (κ2) is 7.45. The Labute approximate surface area is 139 Å². The molecule has 0 aliphatic carbocycles. The Kier molecular flexibility index (Phi) is 5.12. The molecule has 0 spiro atoms. The number of unbranched alkanes of at least 4 members (excludes halogenated alkanes) is 1. The van der Waals surface area contributed by atoms with E-state index in [-0.39, 0.29) is 5.91 Å². The Bertz CT molecular complexity index is 667. The van der Waals surface area contributed by atoms with Crippen molar-refractivity contribution >= 4 is 28.2 Å². The third-order valence-electron chi connectivity index (χ3n) is 3.75. The van der Waals surface area contributed by atoms with E-state index < -0.39 is 0 Å². The minimum atomic E-state index is -0.272. The molecule has 3 heterocycles. The number of rotatable bonds is 6. The molecule has 1 amide bonds. The number of nitrogens with zero attached hydrogens (tertiary/aromatic N) is 5. The van der Waals surface area contributed by atoms with Crippen molar-refractivity contribution in [3.05, 3.63) is 23.1 Å². The molecule has 8 heteroatoms. The summed E-state index contributed by atoms with van der Waals surface area (Å²) in [5.74, 6) is 0.537. The molecule has 3 rings (SSSR count). The van der Waals surface area contributed by atoms with E-state index in [1.807, 2.05) is 0 Å². The summed E-state index contributed by atoms with van der Waals surface area (Å²) in [6.07, 6.45) is 6.86. The highest BCUT2D eigenvalue weighted by atomic mass is 32.1. The number of hydrogen-bond donors (Lipinski definition) is 1. The summed E-state index contributed by atoms with van der Waals surface area (Å²) >= 11 is 1.42. The Morgan fingerprint density at radius 3 is 2.91 bits per heavy atom. The molecule has 0 atom stereocenters. The zero-order chi connectivity index (χ0) is 16.1. The van der Waals surface area contributed by atoms with Crippen molar-refractivity contribution in [1.29, 1.82) is 0 Å². The van der Waals surface area contributed by atoms with E-state index in [1.165, 1.54) is 17.7 Å². The summed E-state index contributed by atoms with van der Waals surface area (Å²) in [6.45, 7) is 4.10. The normalized spacial score (nSPS) is 14.2. The third-order valence-corrected chi connectivity index (χ3v) is 4.65. The van der Waals surface area contributed by atoms with Gasteiger partial charge in [0.05, 0.1) is 0 Å². The van der Waals surface area contributed by atoms with Crippen molar-refractivity contribution in [1.82, 2.24) is 20.2 Å². The Morgan fingerprint density at radius 2 is 2.13 bits per heavy atom. The smallest absolute Gasteiger partial charge is 0.276 e. The summed E-state index contributed by atoms with van der Waals surface area (Å²) in [4.78, 5) is 22.8. The number of anilines is 2. The lowest BCUT2D eigenvalue weighted by molar-refractivity contribution is 0.102. The van der Waals surface area contributed by atoms with Gasteiger partial charge in [-0.25, -0.2) is 9.97 Å². The van der Waals surface area contributed by atoms with Gasteiger partial charge in [-0.05, 0) is 19.3 Å². The van der Waals surface area contributed by atoms with Crippen LogP contribution in [-0.4, -0.2) is 39.2 Å². The summed E-state index contributed by atoms with van der Waals surface area (Å²) in [7, 11) is 0. The molecule has 0 bridgehead atoms. The Hall–Kier alpha value is -2.09. The molecule has 2 aromatic rings. The SMILES string of the molecule is CCCCc1nnc(NC(=O)c2cc(N3CCCC3)ncn2)s1. The first-order valence-electron chi connectivity index (χ1n) is 7.97. The molecule has 0 saturated carbocycles. The second-order valence-electron chi connectivity index (χ2n) is 5.51. The molecule has 1 aliphatic rings. The number of carbonyl (C=O) groups excluding carboxylic acids is 1. The van der Waals surface area contributed by atoms with E-state index >= 15 is 0 Å². The van der Waals surface area contributed by atoms with Crippen molar-refractivity contribution in [3.63, 3.8) is 0 Å². The van der Waals surface area contributed by atoms with Gasteiger partial charge in [-0.3, -0.25) is 10.1 Å². The Morgan fingerprint density at radius 1 is 1.30 bits per heavy atom. The van der Waals surface area contributed by atoms with Crippen molar-refractivity contribution in [3.8, 4) is 0 Å². The maximum Gasteiger partial charge on any atom is 0.276 e. The van der Waals surface area contributed by atoms with Gasteiger partial charge >= 0.3 is 0 Å². The minimum absolute atomic E-state index is 0.272. The molecule has 1 saturated heterocycles. The lowest BCUT2D eigenvalue weighted by Crippen LogP contribution is -2.21. The first-order chi connectivity index (χ1) is 11.3. The van der Waals surface area contributed by atoms with E-state index in [4.69, 9.17) is 0 Å². The van der Waals surface area contributed by atoms with Crippen molar-refractivity contribution < 1.29 is 4.79 Å². The molecule has 0 unspecified atom stereocenters. The molecule has 7 nitrogen and oxygen atoms in total. The van der Waals surface area contributed by atoms with E-state index in [0.717, 1.165) is 56.0 Å². The average Bonchev–Trinajstić information content (AvgIpc) is 3.25. The van der Waals surface area contributed by atoms with Crippen LogP contribution in [0.1, 0.15) is 48.1 Å². The van der Waals surface area contributed by atoms with Gasteiger partial charge in [0.2, 0.25) is 5.13 Å². The minimum Gasteiger partial charge on any atom is -0.357 e. The lowest BCUT2D eigenvalue weighted by atomic mass is 10.3. The predicted molar refractivity (Wildman–Crippen MR) is 90.0 cm³/mol. The lowest BCUT2D eigenvalue weighted by Gasteiger charge is -2.16. The molecular formula is C15H20N6OS. The van der Waals surface area contributed by atoms with E-state index in [9.17, 15) is 4.79 Å². The number of aryl methyl sites for hydroxylation is 1. The van der Waals surface area contributed by atoms with E-state index in [1.54, 1.807) is 6.07 Å². The highest BCUT2D eigenvalue weighted by Gasteiger charge is 2.17. The third kappa shape index (κ3) is 4.01. The number of nitrogens with one attached hydrogen (secondary N) is 1. The van der Waals surface area contributed by atoms with E-state index in [2.05, 4.69) is 37.3 Å². The maximum absolute atomic E-state index is 12.3. The fourth-order valence-electron chi connectivity index (χ4n) is 2.48. The standard InChI is InChI=1S/C15H20N6OS/c1-2-3-6-13-19-20-15(23-13)18-14(22)11-9-12(17-10-16-11)21-7-4-5-8-21/h9-10H,2-8H2,1H3,(H,18,20,22). The van der Waals surface area contributed by atoms with Crippen LogP contribution in [0.2, 0.25) is 0 Å². The van der Waals surface area contributed by atoms with Gasteiger partial charge in [0.15, 0.2) is 0 Å². The first-order valence-corrected chi connectivity index (χ1v) is 8.78. The van der Waals surface area contributed by atoms with Gasteiger partial charge < -0.3 is 4.90 Å². The van der Waals surface area contributed by atoms with Crippen LogP contribution >= 0.6 is 11.3 Å². The quantitative estimate of drug-likeness (QED) is 0.875. The summed E-state index contributed by atoms with van der Waals surface area (Å²) in [5, 5.41) is 12.3. The average molecular weight is 332 g/mol. The summed E-state index contributed by atoms with van der Waals surface area (Å²) in [6, 6.07) is 1.74. The molecule has 0 aromatic carbocycles. The number of amides is 1. The van der Waals surface area contributed by atoms with Crippen LogP contribution in [-0.2, 0) is 6.42 Å². The zero-order valence-corrected chi connectivity index (χ0v) is 14.0. The van der Waals surface area contributed by atoms with Gasteiger partial charge in [-0.2, -0.15) is 0 Å². The largest absolute Gasteiger partial charge is 0.357 e. The zero-order valence-electron chi connectivity index (χ0n) is 13.2. The molecule has 122 valence electrons. The molecule has 23 heavy (non-hydrogen) atoms. The van der Waals surface area contributed by atoms with Crippen LogP contribution in [0, 0.1) is 0 Å². The van der Waals surface area contributed by atoms with E-state index in [0.29, 0.717) is 10.8 Å². The van der Waals surface area contributed by atoms with Gasteiger partial charge in [0, 0.05) is 25.6 Å². The number of carbonyl (C=O) groups is 1. The monoisotopic (exact) mass is 332 g/mol. The molecule has 2 aromatic heterocycles. The highest BCUT2D eigenvalue weighted by Crippen LogP contribution is 2.20. The van der Waals surface area contributed by atoms with Crippen LogP contribution in [0.3, 0.4) is 0 Å². The number of aromatic nitrogens is 4. The van der Waals surface area contributed by atoms with Gasteiger partial charge in [-0.15, -0.1) is 10.2 Å². The van der Waals surface area contributed by atoms with Crippen LogP contribution in [0.5, 0.6) is 0 Å². The fourth-order valence-corrected chi connectivity index (χ4v) is 3.26. The molecule has 1 N–H and O–H groups in total. The van der Waals surface area contributed by atoms with Crippen molar-refractivity contribution in [2.75, 3.05) is 23.3 Å². The second-order valence-corrected chi connectivity index (χ2v) is 6.58. The molecule has 1 aliphatic heterocycles.